The van der Waals surface area contributed by atoms with Crippen LogP contribution >= 0.6 is 15.9 Å². The van der Waals surface area contributed by atoms with Crippen LogP contribution in [0.15, 0.2) is 51.5 Å². The van der Waals surface area contributed by atoms with Gasteiger partial charge in [-0.15, -0.1) is 0 Å². The fourth-order valence-electron chi connectivity index (χ4n) is 2.21. The highest BCUT2D eigenvalue weighted by atomic mass is 79.9. The van der Waals surface area contributed by atoms with Gasteiger partial charge in [-0.2, -0.15) is 4.98 Å². The van der Waals surface area contributed by atoms with E-state index in [-0.39, 0.29) is 0 Å². The summed E-state index contributed by atoms with van der Waals surface area (Å²) in [5.41, 5.74) is 1.86. The Bertz CT molecular complexity index is 800. The lowest BCUT2D eigenvalue weighted by Gasteiger charge is -2.04. The van der Waals surface area contributed by atoms with Gasteiger partial charge in [0.05, 0.1) is 26.2 Å². The van der Waals surface area contributed by atoms with Crippen molar-refractivity contribution >= 4 is 15.9 Å². The van der Waals surface area contributed by atoms with E-state index < -0.39 is 0 Å². The van der Waals surface area contributed by atoms with Crippen molar-refractivity contribution in [2.24, 2.45) is 0 Å². The fourth-order valence-corrected chi connectivity index (χ4v) is 2.57. The summed E-state index contributed by atoms with van der Waals surface area (Å²) in [5.74, 6) is 2.57. The Morgan fingerprint density at radius 1 is 1.04 bits per heavy atom. The molecular formula is C17H15BrN2O3. The molecule has 0 aliphatic carbocycles. The molecule has 1 heterocycles. The quantitative estimate of drug-likeness (QED) is 0.672. The van der Waals surface area contributed by atoms with E-state index in [9.17, 15) is 0 Å². The van der Waals surface area contributed by atoms with Gasteiger partial charge >= 0.3 is 0 Å². The predicted molar refractivity (Wildman–Crippen MR) is 89.8 cm³/mol. The number of aromatic nitrogens is 2. The molecule has 0 saturated carbocycles. The number of hydrogen-bond donors (Lipinski definition) is 0. The summed E-state index contributed by atoms with van der Waals surface area (Å²) >= 11 is 3.44. The molecule has 3 rings (SSSR count). The van der Waals surface area contributed by atoms with E-state index in [1.807, 2.05) is 42.5 Å². The predicted octanol–water partition coefficient (Wildman–Crippen LogP) is 4.11. The summed E-state index contributed by atoms with van der Waals surface area (Å²) in [6, 6.07) is 13.4. The Morgan fingerprint density at radius 2 is 1.83 bits per heavy atom. The van der Waals surface area contributed by atoms with Crippen molar-refractivity contribution in [1.82, 2.24) is 10.1 Å². The van der Waals surface area contributed by atoms with Crippen LogP contribution in [0.1, 0.15) is 11.5 Å². The van der Waals surface area contributed by atoms with Crippen LogP contribution in [0.5, 0.6) is 11.5 Å². The lowest BCUT2D eigenvalue weighted by molar-refractivity contribution is 0.384. The fraction of sp³-hybridized carbons (Fsp3) is 0.176. The zero-order chi connectivity index (χ0) is 16.2. The lowest BCUT2D eigenvalue weighted by Crippen LogP contribution is -1.91. The summed E-state index contributed by atoms with van der Waals surface area (Å²) in [5, 5.41) is 4.05. The number of rotatable bonds is 5. The number of halogens is 1. The third-order valence-corrected chi connectivity index (χ3v) is 3.88. The maximum Gasteiger partial charge on any atom is 0.231 e. The molecule has 0 aliphatic heterocycles. The maximum absolute atomic E-state index is 5.36. The normalized spacial score (nSPS) is 10.6. The molecule has 23 heavy (non-hydrogen) atoms. The first-order chi connectivity index (χ1) is 11.2. The molecule has 0 amide bonds. The number of hydrogen-bond acceptors (Lipinski definition) is 5. The molecular weight excluding hydrogens is 360 g/mol. The zero-order valence-corrected chi connectivity index (χ0v) is 14.3. The molecule has 0 atom stereocenters. The van der Waals surface area contributed by atoms with Gasteiger partial charge in [0.2, 0.25) is 11.7 Å². The van der Waals surface area contributed by atoms with E-state index in [4.69, 9.17) is 14.0 Å². The smallest absolute Gasteiger partial charge is 0.231 e. The van der Waals surface area contributed by atoms with Crippen molar-refractivity contribution in [3.63, 3.8) is 0 Å². The minimum absolute atomic E-state index is 0.506. The van der Waals surface area contributed by atoms with Gasteiger partial charge in [-0.1, -0.05) is 33.2 Å². The highest BCUT2D eigenvalue weighted by molar-refractivity contribution is 9.10. The summed E-state index contributed by atoms with van der Waals surface area (Å²) in [6.45, 7) is 0. The highest BCUT2D eigenvalue weighted by Crippen LogP contribution is 2.31. The van der Waals surface area contributed by atoms with Crippen LogP contribution in [0.3, 0.4) is 0 Å². The third-order valence-electron chi connectivity index (χ3n) is 3.38. The molecule has 6 heteroatoms. The van der Waals surface area contributed by atoms with E-state index in [1.165, 1.54) is 0 Å². The summed E-state index contributed by atoms with van der Waals surface area (Å²) in [4.78, 5) is 4.46. The van der Waals surface area contributed by atoms with Crippen LogP contribution in [0.2, 0.25) is 0 Å². The van der Waals surface area contributed by atoms with Crippen molar-refractivity contribution in [1.29, 1.82) is 0 Å². The summed E-state index contributed by atoms with van der Waals surface area (Å²) in [7, 11) is 3.26. The van der Waals surface area contributed by atoms with Crippen LogP contribution in [-0.4, -0.2) is 24.4 Å². The molecule has 0 aliphatic rings. The highest BCUT2D eigenvalue weighted by Gasteiger charge is 2.14. The third kappa shape index (κ3) is 3.53. The molecule has 5 nitrogen and oxygen atoms in total. The zero-order valence-electron chi connectivity index (χ0n) is 12.7. The Balaban J connectivity index is 1.84. The van der Waals surface area contributed by atoms with Crippen molar-refractivity contribution < 1.29 is 14.0 Å². The van der Waals surface area contributed by atoms with Crippen LogP contribution in [0.4, 0.5) is 0 Å². The SMILES string of the molecule is COc1ccc(Cc2nc(-c3cc(Br)ccc3OC)no2)cc1. The first-order valence-electron chi connectivity index (χ1n) is 6.99. The van der Waals surface area contributed by atoms with Gasteiger partial charge < -0.3 is 14.0 Å². The minimum Gasteiger partial charge on any atom is -0.497 e. The van der Waals surface area contributed by atoms with Gasteiger partial charge in [0.1, 0.15) is 11.5 Å². The van der Waals surface area contributed by atoms with Crippen molar-refractivity contribution in [3.8, 4) is 22.9 Å². The second-order valence-corrected chi connectivity index (χ2v) is 5.80. The van der Waals surface area contributed by atoms with E-state index in [2.05, 4.69) is 26.1 Å². The molecule has 3 aromatic rings. The molecule has 0 N–H and O–H groups in total. The first-order valence-corrected chi connectivity index (χ1v) is 7.78. The second kappa shape index (κ2) is 6.83. The number of methoxy groups -OCH3 is 2. The number of nitrogens with zero attached hydrogens (tertiary/aromatic N) is 2. The van der Waals surface area contributed by atoms with Gasteiger partial charge in [-0.3, -0.25) is 0 Å². The molecule has 0 bridgehead atoms. The van der Waals surface area contributed by atoms with Crippen LogP contribution in [-0.2, 0) is 6.42 Å². The lowest BCUT2D eigenvalue weighted by atomic mass is 10.1. The molecule has 0 radical (unpaired) electrons. The Morgan fingerprint density at radius 3 is 2.52 bits per heavy atom. The van der Waals surface area contributed by atoms with Crippen LogP contribution < -0.4 is 9.47 Å². The van der Waals surface area contributed by atoms with Crippen molar-refractivity contribution in [2.45, 2.75) is 6.42 Å². The van der Waals surface area contributed by atoms with E-state index in [1.54, 1.807) is 14.2 Å². The molecule has 1 aromatic heterocycles. The monoisotopic (exact) mass is 374 g/mol. The Hall–Kier alpha value is -2.34. The van der Waals surface area contributed by atoms with Gasteiger partial charge in [-0.05, 0) is 35.9 Å². The van der Waals surface area contributed by atoms with Crippen LogP contribution in [0, 0.1) is 0 Å². The van der Waals surface area contributed by atoms with E-state index in [0.717, 1.165) is 21.3 Å². The van der Waals surface area contributed by atoms with Gasteiger partial charge in [0, 0.05) is 4.47 Å². The Kier molecular flexibility index (Phi) is 4.62. The van der Waals surface area contributed by atoms with E-state index in [0.29, 0.717) is 23.9 Å². The summed E-state index contributed by atoms with van der Waals surface area (Å²) in [6.07, 6.45) is 0.563. The average Bonchev–Trinajstić information content (AvgIpc) is 3.04. The minimum atomic E-state index is 0.506. The molecule has 0 unspecified atom stereocenters. The second-order valence-electron chi connectivity index (χ2n) is 4.88. The Labute approximate surface area is 142 Å². The molecule has 0 fully saturated rings. The number of ether oxygens (including phenoxy) is 2. The van der Waals surface area contributed by atoms with Gasteiger partial charge in [0.25, 0.3) is 0 Å². The van der Waals surface area contributed by atoms with E-state index >= 15 is 0 Å². The van der Waals surface area contributed by atoms with Crippen molar-refractivity contribution in [3.05, 3.63) is 58.4 Å². The van der Waals surface area contributed by atoms with Gasteiger partial charge in [0.15, 0.2) is 0 Å². The molecule has 0 spiro atoms. The molecule has 118 valence electrons. The maximum atomic E-state index is 5.36. The largest absolute Gasteiger partial charge is 0.497 e. The van der Waals surface area contributed by atoms with Crippen LogP contribution in [0.25, 0.3) is 11.4 Å². The van der Waals surface area contributed by atoms with Crippen molar-refractivity contribution in [2.75, 3.05) is 14.2 Å². The number of benzene rings is 2. The molecule has 2 aromatic carbocycles. The summed E-state index contributed by atoms with van der Waals surface area (Å²) < 4.78 is 16.8. The molecule has 0 saturated heterocycles. The first kappa shape index (κ1) is 15.6. The standard InChI is InChI=1S/C17H15BrN2O3/c1-21-13-6-3-11(4-7-13)9-16-19-17(20-23-16)14-10-12(18)5-8-15(14)22-2/h3-8,10H,9H2,1-2H3. The topological polar surface area (TPSA) is 57.4 Å². The van der Waals surface area contributed by atoms with Gasteiger partial charge in [-0.25, -0.2) is 0 Å². The average molecular weight is 375 g/mol.